The number of rotatable bonds is 58. The third-order valence-corrected chi connectivity index (χ3v) is 14.3. The third kappa shape index (κ3) is 56.9. The summed E-state index contributed by atoms with van der Waals surface area (Å²) in [5.74, 6) is -0.837. The van der Waals surface area contributed by atoms with E-state index in [1.54, 1.807) is 0 Å². The maximum absolute atomic E-state index is 12.9. The molecule has 0 fully saturated rings. The van der Waals surface area contributed by atoms with Crippen molar-refractivity contribution in [1.82, 2.24) is 0 Å². The van der Waals surface area contributed by atoms with Crippen LogP contribution in [0.15, 0.2) is 12.2 Å². The van der Waals surface area contributed by atoms with Crippen LogP contribution in [0.1, 0.15) is 355 Å². The van der Waals surface area contributed by atoms with E-state index < -0.39 is 6.10 Å². The quantitative estimate of drug-likeness (QED) is 0.0261. The lowest BCUT2D eigenvalue weighted by atomic mass is 10.0. The van der Waals surface area contributed by atoms with Crippen LogP contribution in [-0.4, -0.2) is 37.2 Å². The number of esters is 3. The van der Waals surface area contributed by atoms with Gasteiger partial charge in [0.2, 0.25) is 0 Å². The topological polar surface area (TPSA) is 78.9 Å². The lowest BCUT2D eigenvalue weighted by Gasteiger charge is -2.18. The average molecular weight is 974 g/mol. The Labute approximate surface area is 431 Å². The van der Waals surface area contributed by atoms with E-state index in [9.17, 15) is 14.4 Å². The molecule has 6 nitrogen and oxygen atoms in total. The lowest BCUT2D eigenvalue weighted by Crippen LogP contribution is -2.30. The molecule has 0 aromatic heterocycles. The fraction of sp³-hybridized carbons (Fsp3) is 0.921. The van der Waals surface area contributed by atoms with E-state index in [1.165, 1.54) is 257 Å². The number of hydrogen-bond donors (Lipinski definition) is 0. The van der Waals surface area contributed by atoms with E-state index in [0.717, 1.165) is 57.8 Å². The average Bonchev–Trinajstić information content (AvgIpc) is 3.35. The minimum Gasteiger partial charge on any atom is -0.462 e. The van der Waals surface area contributed by atoms with Gasteiger partial charge in [-0.15, -0.1) is 0 Å². The van der Waals surface area contributed by atoms with Gasteiger partial charge in [-0.25, -0.2) is 0 Å². The van der Waals surface area contributed by atoms with Crippen molar-refractivity contribution in [3.05, 3.63) is 12.2 Å². The van der Waals surface area contributed by atoms with E-state index in [4.69, 9.17) is 14.2 Å². The largest absolute Gasteiger partial charge is 0.462 e. The summed E-state index contributed by atoms with van der Waals surface area (Å²) in [5.41, 5.74) is 0. The van der Waals surface area contributed by atoms with Crippen LogP contribution < -0.4 is 0 Å². The summed E-state index contributed by atoms with van der Waals surface area (Å²) < 4.78 is 16.9. The Morgan fingerprint density at radius 3 is 0.725 bits per heavy atom. The third-order valence-electron chi connectivity index (χ3n) is 14.3. The Balaban J connectivity index is 4.29. The molecule has 0 aliphatic heterocycles. The summed E-state index contributed by atoms with van der Waals surface area (Å²) in [6, 6.07) is 0. The zero-order valence-electron chi connectivity index (χ0n) is 46.9. The van der Waals surface area contributed by atoms with Gasteiger partial charge in [-0.05, 0) is 44.9 Å². The van der Waals surface area contributed by atoms with Crippen LogP contribution in [0.5, 0.6) is 0 Å². The number of unbranched alkanes of at least 4 members (excludes halogenated alkanes) is 45. The molecule has 6 heteroatoms. The predicted octanol–water partition coefficient (Wildman–Crippen LogP) is 20.9. The van der Waals surface area contributed by atoms with Crippen LogP contribution in [-0.2, 0) is 28.6 Å². The number of hydrogen-bond acceptors (Lipinski definition) is 6. The second-order valence-electron chi connectivity index (χ2n) is 21.3. The Kier molecular flexibility index (Phi) is 57.1. The zero-order chi connectivity index (χ0) is 50.0. The van der Waals surface area contributed by atoms with Crippen LogP contribution >= 0.6 is 0 Å². The standard InChI is InChI=1S/C63H120O6/c1-4-7-10-13-16-19-22-25-28-30-32-34-35-38-41-44-47-50-53-56-62(65)68-59-60(58-67-61(64)55-52-49-46-43-40-37-27-24-21-18-15-12-9-6-3)69-63(66)57-54-51-48-45-42-39-36-33-31-29-26-23-20-17-14-11-8-5-2/h25,28,60H,4-24,26-27,29-59H2,1-3H3/b28-25-. The number of allylic oxidation sites excluding steroid dienone is 2. The van der Waals surface area contributed by atoms with Crippen molar-refractivity contribution in [2.75, 3.05) is 13.2 Å². The normalized spacial score (nSPS) is 12.0. The van der Waals surface area contributed by atoms with Crippen LogP contribution in [0.3, 0.4) is 0 Å². The van der Waals surface area contributed by atoms with Crippen LogP contribution in [0.2, 0.25) is 0 Å². The van der Waals surface area contributed by atoms with Gasteiger partial charge in [0.05, 0.1) is 0 Å². The van der Waals surface area contributed by atoms with Gasteiger partial charge in [0.15, 0.2) is 6.10 Å². The van der Waals surface area contributed by atoms with Crippen molar-refractivity contribution < 1.29 is 28.6 Å². The molecule has 0 aliphatic rings. The summed E-state index contributed by atoms with van der Waals surface area (Å²) in [6.45, 7) is 6.71. The summed E-state index contributed by atoms with van der Waals surface area (Å²) in [4.78, 5) is 38.2. The molecule has 0 radical (unpaired) electrons. The van der Waals surface area contributed by atoms with Gasteiger partial charge in [0.25, 0.3) is 0 Å². The Hall–Kier alpha value is -1.85. The van der Waals surface area contributed by atoms with E-state index in [-0.39, 0.29) is 31.1 Å². The molecule has 1 unspecified atom stereocenters. The van der Waals surface area contributed by atoms with Crippen molar-refractivity contribution in [2.24, 2.45) is 0 Å². The summed E-state index contributed by atoms with van der Waals surface area (Å²) in [6.07, 6.45) is 67.8. The maximum Gasteiger partial charge on any atom is 0.306 e. The molecule has 69 heavy (non-hydrogen) atoms. The fourth-order valence-corrected chi connectivity index (χ4v) is 9.56. The van der Waals surface area contributed by atoms with Crippen molar-refractivity contribution in [3.8, 4) is 0 Å². The molecule has 0 heterocycles. The number of carbonyl (C=O) groups is 3. The molecule has 0 spiro atoms. The maximum atomic E-state index is 12.9. The fourth-order valence-electron chi connectivity index (χ4n) is 9.56. The number of ether oxygens (including phenoxy) is 3. The summed E-state index contributed by atoms with van der Waals surface area (Å²) in [5, 5.41) is 0. The Morgan fingerprint density at radius 2 is 0.478 bits per heavy atom. The Morgan fingerprint density at radius 1 is 0.275 bits per heavy atom. The smallest absolute Gasteiger partial charge is 0.306 e. The van der Waals surface area contributed by atoms with Gasteiger partial charge in [-0.1, -0.05) is 303 Å². The molecule has 408 valence electrons. The summed E-state index contributed by atoms with van der Waals surface area (Å²) >= 11 is 0. The van der Waals surface area contributed by atoms with Crippen molar-refractivity contribution >= 4 is 17.9 Å². The second kappa shape index (κ2) is 58.7. The number of carbonyl (C=O) groups excluding carboxylic acids is 3. The van der Waals surface area contributed by atoms with Crippen molar-refractivity contribution in [1.29, 1.82) is 0 Å². The SMILES string of the molecule is CCCCCCCC/C=C\CCCCCCCCCCCC(=O)OCC(COC(=O)CCCCCCCCCCCCCCCC)OC(=O)CCCCCCCCCCCCCCCCCCCC. The van der Waals surface area contributed by atoms with Crippen LogP contribution in [0.4, 0.5) is 0 Å². The molecule has 1 atom stereocenters. The van der Waals surface area contributed by atoms with Crippen LogP contribution in [0, 0.1) is 0 Å². The molecule has 0 bridgehead atoms. The molecular weight excluding hydrogens is 853 g/mol. The van der Waals surface area contributed by atoms with Gasteiger partial charge in [0, 0.05) is 19.3 Å². The van der Waals surface area contributed by atoms with Gasteiger partial charge in [-0.3, -0.25) is 14.4 Å². The molecule has 0 saturated carbocycles. The zero-order valence-corrected chi connectivity index (χ0v) is 46.9. The highest BCUT2D eigenvalue weighted by Crippen LogP contribution is 2.18. The van der Waals surface area contributed by atoms with E-state index in [2.05, 4.69) is 32.9 Å². The molecule has 0 rings (SSSR count). The van der Waals surface area contributed by atoms with Crippen LogP contribution in [0.25, 0.3) is 0 Å². The van der Waals surface area contributed by atoms with Gasteiger partial charge < -0.3 is 14.2 Å². The molecule has 0 aliphatic carbocycles. The van der Waals surface area contributed by atoms with Crippen molar-refractivity contribution in [3.63, 3.8) is 0 Å². The second-order valence-corrected chi connectivity index (χ2v) is 21.3. The molecule has 0 N–H and O–H groups in total. The van der Waals surface area contributed by atoms with Gasteiger partial charge >= 0.3 is 17.9 Å². The first-order valence-electron chi connectivity index (χ1n) is 31.2. The van der Waals surface area contributed by atoms with Crippen molar-refractivity contribution in [2.45, 2.75) is 361 Å². The molecule has 0 aromatic carbocycles. The van der Waals surface area contributed by atoms with Gasteiger partial charge in [-0.2, -0.15) is 0 Å². The first-order chi connectivity index (χ1) is 34.0. The molecule has 0 amide bonds. The van der Waals surface area contributed by atoms with E-state index in [0.29, 0.717) is 19.3 Å². The summed E-state index contributed by atoms with van der Waals surface area (Å²) in [7, 11) is 0. The van der Waals surface area contributed by atoms with E-state index in [1.807, 2.05) is 0 Å². The molecule has 0 saturated heterocycles. The highest BCUT2D eigenvalue weighted by Gasteiger charge is 2.19. The van der Waals surface area contributed by atoms with E-state index >= 15 is 0 Å². The first-order valence-corrected chi connectivity index (χ1v) is 31.2. The monoisotopic (exact) mass is 973 g/mol. The molecule has 0 aromatic rings. The highest BCUT2D eigenvalue weighted by molar-refractivity contribution is 5.71. The lowest BCUT2D eigenvalue weighted by molar-refractivity contribution is -0.167. The predicted molar refractivity (Wildman–Crippen MR) is 298 cm³/mol. The highest BCUT2D eigenvalue weighted by atomic mass is 16.6. The Bertz CT molecular complexity index is 1070. The first kappa shape index (κ1) is 67.1. The van der Waals surface area contributed by atoms with Gasteiger partial charge in [0.1, 0.15) is 13.2 Å². The minimum absolute atomic E-state index is 0.0640. The molecular formula is C63H120O6. The minimum atomic E-state index is -0.765.